The fourth-order valence-electron chi connectivity index (χ4n) is 3.73. The second-order valence-corrected chi connectivity index (χ2v) is 7.87. The van der Waals surface area contributed by atoms with E-state index in [1.807, 2.05) is 48.5 Å². The SMILES string of the molecule is N#COc1ccc(Cc2ccc(Cc3ccc(Cc4ccc(N=C=O)cc4)cc3)cc2)cc1. The van der Waals surface area contributed by atoms with E-state index in [4.69, 9.17) is 10.00 Å². The molecule has 0 bridgehead atoms. The van der Waals surface area contributed by atoms with Gasteiger partial charge in [-0.25, -0.2) is 4.79 Å². The molecule has 0 spiro atoms. The van der Waals surface area contributed by atoms with E-state index < -0.39 is 0 Å². The number of ether oxygens (including phenoxy) is 1. The van der Waals surface area contributed by atoms with Crippen LogP contribution in [0.2, 0.25) is 0 Å². The molecule has 0 aliphatic rings. The van der Waals surface area contributed by atoms with Crippen LogP contribution in [0.15, 0.2) is 102 Å². The maximum atomic E-state index is 10.3. The van der Waals surface area contributed by atoms with Gasteiger partial charge in [-0.1, -0.05) is 72.8 Å². The van der Waals surface area contributed by atoms with Gasteiger partial charge in [-0.3, -0.25) is 0 Å². The van der Waals surface area contributed by atoms with Crippen molar-refractivity contribution in [2.24, 2.45) is 4.99 Å². The van der Waals surface area contributed by atoms with E-state index in [1.165, 1.54) is 33.4 Å². The minimum absolute atomic E-state index is 0.560. The van der Waals surface area contributed by atoms with Gasteiger partial charge in [0.15, 0.2) is 0 Å². The van der Waals surface area contributed by atoms with Crippen molar-refractivity contribution in [2.75, 3.05) is 0 Å². The number of hydrogen-bond acceptors (Lipinski definition) is 4. The van der Waals surface area contributed by atoms with Crippen molar-refractivity contribution in [1.29, 1.82) is 5.26 Å². The second kappa shape index (κ2) is 10.7. The van der Waals surface area contributed by atoms with Crippen molar-refractivity contribution in [3.8, 4) is 12.0 Å². The highest BCUT2D eigenvalue weighted by molar-refractivity contribution is 5.49. The van der Waals surface area contributed by atoms with Crippen molar-refractivity contribution < 1.29 is 9.53 Å². The minimum Gasteiger partial charge on any atom is -0.388 e. The molecule has 0 N–H and O–H groups in total. The Morgan fingerprint density at radius 1 is 0.576 bits per heavy atom. The Morgan fingerprint density at radius 2 is 0.909 bits per heavy atom. The number of nitriles is 1. The first-order chi connectivity index (χ1) is 16.2. The molecule has 0 saturated heterocycles. The Morgan fingerprint density at radius 3 is 1.24 bits per heavy atom. The number of aliphatic imine (C=N–C) groups is 1. The summed E-state index contributed by atoms with van der Waals surface area (Å²) in [6, 6.07) is 32.6. The third-order valence-electron chi connectivity index (χ3n) is 5.47. The van der Waals surface area contributed by atoms with Crippen molar-refractivity contribution >= 4 is 11.8 Å². The Kier molecular flexibility index (Phi) is 7.08. The van der Waals surface area contributed by atoms with Crippen LogP contribution in [0.25, 0.3) is 0 Å². The van der Waals surface area contributed by atoms with E-state index in [0.29, 0.717) is 11.4 Å². The average Bonchev–Trinajstić information content (AvgIpc) is 2.84. The number of isocyanates is 1. The van der Waals surface area contributed by atoms with Gasteiger partial charge in [-0.05, 0) is 76.9 Å². The zero-order chi connectivity index (χ0) is 22.9. The molecule has 33 heavy (non-hydrogen) atoms. The topological polar surface area (TPSA) is 62.4 Å². The highest BCUT2D eigenvalue weighted by atomic mass is 16.5. The van der Waals surface area contributed by atoms with E-state index in [2.05, 4.69) is 53.5 Å². The molecule has 0 aliphatic carbocycles. The number of benzene rings is 4. The molecular weight excluding hydrogens is 408 g/mol. The smallest absolute Gasteiger partial charge is 0.292 e. The monoisotopic (exact) mass is 430 g/mol. The van der Waals surface area contributed by atoms with Crippen molar-refractivity contribution in [2.45, 2.75) is 19.3 Å². The van der Waals surface area contributed by atoms with Crippen LogP contribution in [0.5, 0.6) is 5.75 Å². The van der Waals surface area contributed by atoms with Crippen molar-refractivity contribution in [3.05, 3.63) is 130 Å². The first kappa shape index (κ1) is 21.8. The lowest BCUT2D eigenvalue weighted by molar-refractivity contribution is 0.507. The van der Waals surface area contributed by atoms with Gasteiger partial charge >= 0.3 is 0 Å². The molecule has 160 valence electrons. The van der Waals surface area contributed by atoms with Crippen LogP contribution in [-0.2, 0) is 24.1 Å². The van der Waals surface area contributed by atoms with Gasteiger partial charge < -0.3 is 4.74 Å². The standard InChI is InChI=1S/C29H22N2O2/c30-20-33-29-15-11-27(12-16-29)19-25-7-3-23(4-8-25)17-22-1-5-24(6-2-22)18-26-9-13-28(14-10-26)31-21-32/h1-16H,17-19H2. The lowest BCUT2D eigenvalue weighted by Gasteiger charge is -2.07. The molecule has 4 aromatic rings. The van der Waals surface area contributed by atoms with Crippen LogP contribution in [-0.4, -0.2) is 6.08 Å². The molecule has 4 heteroatoms. The van der Waals surface area contributed by atoms with Gasteiger partial charge in [-0.2, -0.15) is 4.99 Å². The number of rotatable bonds is 8. The molecule has 0 aliphatic heterocycles. The summed E-state index contributed by atoms with van der Waals surface area (Å²) in [6.07, 6.45) is 5.81. The van der Waals surface area contributed by atoms with Crippen molar-refractivity contribution in [3.63, 3.8) is 0 Å². The Balaban J connectivity index is 1.33. The van der Waals surface area contributed by atoms with Crippen LogP contribution in [0.1, 0.15) is 33.4 Å². The molecule has 0 unspecified atom stereocenters. The van der Waals surface area contributed by atoms with E-state index in [9.17, 15) is 4.79 Å². The zero-order valence-electron chi connectivity index (χ0n) is 18.1. The van der Waals surface area contributed by atoms with Crippen LogP contribution in [0.4, 0.5) is 5.69 Å². The van der Waals surface area contributed by atoms with E-state index in [1.54, 1.807) is 12.3 Å². The Bertz CT molecular complexity index is 1280. The summed E-state index contributed by atoms with van der Waals surface area (Å²) >= 11 is 0. The maximum absolute atomic E-state index is 10.3. The van der Waals surface area contributed by atoms with Crippen LogP contribution in [0.3, 0.4) is 0 Å². The van der Waals surface area contributed by atoms with E-state index in [-0.39, 0.29) is 0 Å². The molecule has 0 saturated carbocycles. The van der Waals surface area contributed by atoms with Crippen LogP contribution < -0.4 is 4.74 Å². The highest BCUT2D eigenvalue weighted by Crippen LogP contribution is 2.19. The molecule has 0 atom stereocenters. The lowest BCUT2D eigenvalue weighted by Crippen LogP contribution is -1.93. The third-order valence-corrected chi connectivity index (χ3v) is 5.47. The first-order valence-corrected chi connectivity index (χ1v) is 10.7. The predicted molar refractivity (Wildman–Crippen MR) is 128 cm³/mol. The molecule has 0 aromatic heterocycles. The molecule has 0 heterocycles. The summed E-state index contributed by atoms with van der Waals surface area (Å²) in [5, 5.41) is 8.57. The summed E-state index contributed by atoms with van der Waals surface area (Å²) < 4.78 is 4.82. The number of carbonyl (C=O) groups excluding carboxylic acids is 1. The predicted octanol–water partition coefficient (Wildman–Crippen LogP) is 6.29. The van der Waals surface area contributed by atoms with Crippen LogP contribution in [0, 0.1) is 11.5 Å². The highest BCUT2D eigenvalue weighted by Gasteiger charge is 2.02. The molecule has 4 aromatic carbocycles. The van der Waals surface area contributed by atoms with E-state index >= 15 is 0 Å². The number of hydrogen-bond donors (Lipinski definition) is 0. The Hall–Kier alpha value is -4.45. The van der Waals surface area contributed by atoms with Crippen molar-refractivity contribution in [1.82, 2.24) is 0 Å². The quantitative estimate of drug-likeness (QED) is 0.188. The molecular formula is C29H22N2O2. The van der Waals surface area contributed by atoms with Gasteiger partial charge in [0.05, 0.1) is 5.69 Å². The van der Waals surface area contributed by atoms with Gasteiger partial charge in [0.1, 0.15) is 5.75 Å². The number of nitrogens with zero attached hydrogens (tertiary/aromatic N) is 2. The third kappa shape index (κ3) is 6.27. The minimum atomic E-state index is 0.560. The van der Waals surface area contributed by atoms with Gasteiger partial charge in [0, 0.05) is 0 Å². The summed E-state index contributed by atoms with van der Waals surface area (Å²) in [7, 11) is 0. The summed E-state index contributed by atoms with van der Waals surface area (Å²) in [5.41, 5.74) is 8.01. The summed E-state index contributed by atoms with van der Waals surface area (Å²) in [6.45, 7) is 0. The van der Waals surface area contributed by atoms with E-state index in [0.717, 1.165) is 19.3 Å². The maximum Gasteiger partial charge on any atom is 0.292 e. The fourth-order valence-corrected chi connectivity index (χ4v) is 3.73. The largest absolute Gasteiger partial charge is 0.388 e. The van der Waals surface area contributed by atoms with Gasteiger partial charge in [-0.15, -0.1) is 5.26 Å². The van der Waals surface area contributed by atoms with Gasteiger partial charge in [0.25, 0.3) is 6.26 Å². The second-order valence-electron chi connectivity index (χ2n) is 7.87. The molecule has 0 radical (unpaired) electrons. The van der Waals surface area contributed by atoms with Crippen LogP contribution >= 0.6 is 0 Å². The van der Waals surface area contributed by atoms with Gasteiger partial charge in [0.2, 0.25) is 6.08 Å². The fraction of sp³-hybridized carbons (Fsp3) is 0.103. The summed E-state index contributed by atoms with van der Waals surface area (Å²) in [4.78, 5) is 14.0. The average molecular weight is 431 g/mol. The molecule has 4 nitrogen and oxygen atoms in total. The molecule has 4 rings (SSSR count). The molecule has 0 fully saturated rings. The lowest BCUT2D eigenvalue weighted by atomic mass is 9.98. The Labute approximate surface area is 193 Å². The molecule has 0 amide bonds. The first-order valence-electron chi connectivity index (χ1n) is 10.7. The normalized spacial score (nSPS) is 10.2. The zero-order valence-corrected chi connectivity index (χ0v) is 18.1. The summed E-state index contributed by atoms with van der Waals surface area (Å²) in [5.74, 6) is 0.560.